The van der Waals surface area contributed by atoms with Gasteiger partial charge in [0.05, 0.1) is 28.4 Å². The summed E-state index contributed by atoms with van der Waals surface area (Å²) < 4.78 is 19.1. The van der Waals surface area contributed by atoms with Crippen LogP contribution in [-0.4, -0.2) is 123 Å². The Kier molecular flexibility index (Phi) is 21.0. The van der Waals surface area contributed by atoms with Gasteiger partial charge >= 0.3 is 23.9 Å². The summed E-state index contributed by atoms with van der Waals surface area (Å²) in [6.45, 7) is 0. The van der Waals surface area contributed by atoms with Crippen LogP contribution in [0.15, 0.2) is 0 Å². The number of hydrogen-bond acceptors (Lipinski definition) is 16. The van der Waals surface area contributed by atoms with Crippen LogP contribution in [0, 0.1) is 0 Å². The lowest BCUT2D eigenvalue weighted by atomic mass is 10.2. The van der Waals surface area contributed by atoms with Crippen LogP contribution in [0.5, 0.6) is 0 Å². The van der Waals surface area contributed by atoms with Crippen molar-refractivity contribution in [2.45, 2.75) is 62.7 Å². The molecule has 1 fully saturated rings. The monoisotopic (exact) mass is 728 g/mol. The van der Waals surface area contributed by atoms with Crippen LogP contribution < -0.4 is 21.3 Å². The first kappa shape index (κ1) is 41.2. The molecule has 0 bridgehead atoms. The topological polar surface area (TPSA) is 222 Å². The lowest BCUT2D eigenvalue weighted by Gasteiger charge is -2.19. The molecule has 0 aromatic heterocycles. The van der Waals surface area contributed by atoms with Gasteiger partial charge in [-0.05, 0) is 12.8 Å². The first-order chi connectivity index (χ1) is 21.9. The van der Waals surface area contributed by atoms with Crippen molar-refractivity contribution >= 4 is 90.7 Å². The number of esters is 4. The van der Waals surface area contributed by atoms with Crippen LogP contribution in [-0.2, 0) is 57.3 Å². The highest BCUT2D eigenvalue weighted by Crippen LogP contribution is 2.25. The normalized spacial score (nSPS) is 24.1. The molecule has 0 saturated carbocycles. The summed E-state index contributed by atoms with van der Waals surface area (Å²) in [6.07, 6.45) is -0.145. The van der Waals surface area contributed by atoms with Crippen LogP contribution in [0.3, 0.4) is 0 Å². The van der Waals surface area contributed by atoms with Gasteiger partial charge < -0.3 is 40.2 Å². The molecule has 0 spiro atoms. The van der Waals surface area contributed by atoms with Crippen molar-refractivity contribution in [1.29, 1.82) is 0 Å². The van der Waals surface area contributed by atoms with Crippen molar-refractivity contribution < 1.29 is 57.3 Å². The van der Waals surface area contributed by atoms with Crippen LogP contribution in [0.25, 0.3) is 0 Å². The minimum Gasteiger partial charge on any atom is -0.467 e. The summed E-state index contributed by atoms with van der Waals surface area (Å²) in [4.78, 5) is 99.1. The number of amides is 4. The van der Waals surface area contributed by atoms with Gasteiger partial charge in [0.2, 0.25) is 23.6 Å². The van der Waals surface area contributed by atoms with Crippen molar-refractivity contribution in [2.24, 2.45) is 0 Å². The Labute approximate surface area is 282 Å². The molecule has 0 aromatic rings. The van der Waals surface area contributed by atoms with Gasteiger partial charge in [-0.1, -0.05) is 43.2 Å². The van der Waals surface area contributed by atoms with E-state index < -0.39 is 71.7 Å². The SMILES string of the molecule is COC(=O)C1CSSC[C@@H](C(=O)OC)NC(=O)CCCC(=O)NC(C(=O)OC)CSSC[C@@H](C(=O)OC)NC(=O)CCCC(=O)N1. The highest BCUT2D eigenvalue weighted by molar-refractivity contribution is 8.77. The Morgan fingerprint density at radius 2 is 0.652 bits per heavy atom. The lowest BCUT2D eigenvalue weighted by Crippen LogP contribution is -2.45. The third-order valence-corrected chi connectivity index (χ3v) is 10.8. The molecule has 2 unspecified atom stereocenters. The highest BCUT2D eigenvalue weighted by Gasteiger charge is 2.27. The summed E-state index contributed by atoms with van der Waals surface area (Å²) in [6, 6.07) is -4.07. The smallest absolute Gasteiger partial charge is 0.329 e. The molecule has 0 radical (unpaired) electrons. The minimum atomic E-state index is -1.02. The summed E-state index contributed by atoms with van der Waals surface area (Å²) >= 11 is 0. The van der Waals surface area contributed by atoms with Gasteiger partial charge in [-0.15, -0.1) is 0 Å². The summed E-state index contributed by atoms with van der Waals surface area (Å²) in [5, 5.41) is 10.3. The van der Waals surface area contributed by atoms with E-state index in [1.807, 2.05) is 0 Å². The average molecular weight is 729 g/mol. The minimum absolute atomic E-state index is 0.0730. The van der Waals surface area contributed by atoms with E-state index in [2.05, 4.69) is 21.3 Å². The van der Waals surface area contributed by atoms with E-state index in [9.17, 15) is 38.4 Å². The van der Waals surface area contributed by atoms with E-state index in [1.165, 1.54) is 28.4 Å². The van der Waals surface area contributed by atoms with E-state index in [4.69, 9.17) is 18.9 Å². The molecule has 0 aromatic carbocycles. The maximum absolute atomic E-state index is 12.5. The molecule has 260 valence electrons. The number of rotatable bonds is 4. The molecule has 1 saturated heterocycles. The maximum Gasteiger partial charge on any atom is 0.329 e. The number of carbonyl (C=O) groups excluding carboxylic acids is 8. The quantitative estimate of drug-likeness (QED) is 0.166. The fraction of sp³-hybridized carbons (Fsp3) is 0.692. The molecule has 1 aliphatic rings. The first-order valence-electron chi connectivity index (χ1n) is 13.9. The number of methoxy groups -OCH3 is 4. The molecular formula is C26H40N4O12S4. The van der Waals surface area contributed by atoms with Crippen LogP contribution in [0.1, 0.15) is 38.5 Å². The number of nitrogens with one attached hydrogen (secondary N) is 4. The highest BCUT2D eigenvalue weighted by atomic mass is 33.1. The van der Waals surface area contributed by atoms with Crippen molar-refractivity contribution in [3.8, 4) is 0 Å². The van der Waals surface area contributed by atoms with Crippen molar-refractivity contribution in [2.75, 3.05) is 51.5 Å². The van der Waals surface area contributed by atoms with Gasteiger partial charge in [0, 0.05) is 48.7 Å². The Bertz CT molecular complexity index is 921. The maximum atomic E-state index is 12.5. The number of carbonyl (C=O) groups is 8. The van der Waals surface area contributed by atoms with E-state index in [1.54, 1.807) is 0 Å². The summed E-state index contributed by atoms with van der Waals surface area (Å²) in [7, 11) is 9.29. The molecule has 1 rings (SSSR count). The first-order valence-corrected chi connectivity index (χ1v) is 18.9. The molecule has 1 aliphatic heterocycles. The molecule has 4 amide bonds. The average Bonchev–Trinajstić information content (AvgIpc) is 3.04. The van der Waals surface area contributed by atoms with E-state index in [0.29, 0.717) is 0 Å². The predicted molar refractivity (Wildman–Crippen MR) is 173 cm³/mol. The molecular weight excluding hydrogens is 689 g/mol. The van der Waals surface area contributed by atoms with Crippen molar-refractivity contribution in [1.82, 2.24) is 21.3 Å². The van der Waals surface area contributed by atoms with Crippen LogP contribution in [0.2, 0.25) is 0 Å². The zero-order chi connectivity index (χ0) is 34.5. The zero-order valence-corrected chi connectivity index (χ0v) is 29.2. The molecule has 0 aliphatic carbocycles. The molecule has 1 heterocycles. The van der Waals surface area contributed by atoms with Gasteiger partial charge in [0.1, 0.15) is 24.2 Å². The fourth-order valence-corrected chi connectivity index (χ4v) is 8.19. The lowest BCUT2D eigenvalue weighted by molar-refractivity contribution is -0.145. The van der Waals surface area contributed by atoms with Gasteiger partial charge in [-0.25, -0.2) is 19.2 Å². The van der Waals surface area contributed by atoms with Crippen molar-refractivity contribution in [3.63, 3.8) is 0 Å². The second-order valence-corrected chi connectivity index (χ2v) is 14.5. The third kappa shape index (κ3) is 16.6. The Balaban J connectivity index is 3.03. The van der Waals surface area contributed by atoms with Gasteiger partial charge in [-0.3, -0.25) is 19.2 Å². The van der Waals surface area contributed by atoms with E-state index in [-0.39, 0.29) is 61.5 Å². The van der Waals surface area contributed by atoms with Crippen LogP contribution in [0.4, 0.5) is 0 Å². The second-order valence-electron chi connectivity index (χ2n) is 9.42. The Morgan fingerprint density at radius 3 is 0.826 bits per heavy atom. The third-order valence-electron chi connectivity index (χ3n) is 6.00. The molecule has 46 heavy (non-hydrogen) atoms. The Morgan fingerprint density at radius 1 is 0.457 bits per heavy atom. The molecule has 4 N–H and O–H groups in total. The molecule has 20 heteroatoms. The second kappa shape index (κ2) is 23.5. The standard InChI is InChI=1S/C26H40N4O12S4/c1-39-23(35)15-11-43-44-12-16(24(36)40-2)28-21(33)9-6-10-22(34)30-18(26(38)42-4)14-46-45-13-17(25(37)41-3)29-20(32)8-5-7-19(31)27-15/h15-18H,5-14H2,1-4H3,(H,27,31)(H,28,33)(H,29,32)(H,30,34)/t15-,16?,17?,18-/m0/s1. The largest absolute Gasteiger partial charge is 0.467 e. The Hall–Kier alpha value is -2.84. The van der Waals surface area contributed by atoms with Gasteiger partial charge in [0.15, 0.2) is 0 Å². The van der Waals surface area contributed by atoms with Gasteiger partial charge in [0.25, 0.3) is 0 Å². The fourth-order valence-electron chi connectivity index (χ4n) is 3.59. The van der Waals surface area contributed by atoms with Crippen LogP contribution >= 0.6 is 43.2 Å². The molecule has 16 nitrogen and oxygen atoms in total. The summed E-state index contributed by atoms with van der Waals surface area (Å²) in [5.74, 6) is -4.48. The van der Waals surface area contributed by atoms with E-state index in [0.717, 1.165) is 43.2 Å². The predicted octanol–water partition coefficient (Wildman–Crippen LogP) is -0.265. The molecule has 4 atom stereocenters. The number of ether oxygens (including phenoxy) is 4. The number of hydrogen-bond donors (Lipinski definition) is 4. The van der Waals surface area contributed by atoms with E-state index >= 15 is 0 Å². The summed E-state index contributed by atoms with van der Waals surface area (Å²) in [5.41, 5.74) is 0. The van der Waals surface area contributed by atoms with Gasteiger partial charge in [-0.2, -0.15) is 0 Å². The van der Waals surface area contributed by atoms with Crippen molar-refractivity contribution in [3.05, 3.63) is 0 Å². The zero-order valence-electron chi connectivity index (χ0n) is 25.9.